The zero-order chi connectivity index (χ0) is 19.5. The van der Waals surface area contributed by atoms with E-state index in [2.05, 4.69) is 4.98 Å². The second-order valence-corrected chi connectivity index (χ2v) is 7.86. The van der Waals surface area contributed by atoms with E-state index >= 15 is 0 Å². The van der Waals surface area contributed by atoms with Crippen LogP contribution in [0.25, 0.3) is 5.65 Å². The van der Waals surface area contributed by atoms with Gasteiger partial charge in [0.25, 0.3) is 5.91 Å². The number of imidazole rings is 1. The Morgan fingerprint density at radius 2 is 1.96 bits per heavy atom. The molecule has 1 saturated heterocycles. The van der Waals surface area contributed by atoms with E-state index in [-0.39, 0.29) is 11.8 Å². The number of likely N-dealkylation sites (tertiary alicyclic amines) is 1. The Hall–Kier alpha value is -3.15. The first-order chi connectivity index (χ1) is 13.5. The summed E-state index contributed by atoms with van der Waals surface area (Å²) in [6, 6.07) is 11.6. The molecule has 2 aliphatic rings. The van der Waals surface area contributed by atoms with Crippen LogP contribution < -0.4 is 4.90 Å². The van der Waals surface area contributed by atoms with E-state index in [9.17, 15) is 9.59 Å². The molecule has 2 amide bonds. The zero-order valence-electron chi connectivity index (χ0n) is 16.1. The molecule has 5 rings (SSSR count). The maximum atomic E-state index is 13.3. The number of aromatic nitrogens is 2. The first-order valence-corrected chi connectivity index (χ1v) is 9.62. The topological polar surface area (TPSA) is 57.9 Å². The van der Waals surface area contributed by atoms with Crippen molar-refractivity contribution in [2.45, 2.75) is 25.2 Å². The van der Waals surface area contributed by atoms with Gasteiger partial charge in [0.15, 0.2) is 0 Å². The van der Waals surface area contributed by atoms with Crippen LogP contribution in [0.4, 0.5) is 5.69 Å². The number of nitrogens with zero attached hydrogens (tertiary/aromatic N) is 4. The highest BCUT2D eigenvalue weighted by Gasteiger charge is 2.52. The number of carbonyl (C=O) groups is 2. The highest BCUT2D eigenvalue weighted by atomic mass is 16.2. The standard InChI is InChI=1S/C22H22N4O2/c1-15-12-26-13-16(8-9-19(26)23-15)20(27)25-11-5-10-22(14-25)17-6-3-4-7-18(17)24(2)21(22)28/h3-4,6-9,12-13H,5,10-11,14H2,1-2H3. The van der Waals surface area contributed by atoms with Crippen molar-refractivity contribution in [1.29, 1.82) is 0 Å². The van der Waals surface area contributed by atoms with E-state index in [0.29, 0.717) is 18.7 Å². The van der Waals surface area contributed by atoms with Crippen LogP contribution >= 0.6 is 0 Å². The molecule has 1 atom stereocenters. The summed E-state index contributed by atoms with van der Waals surface area (Å²) in [6.07, 6.45) is 5.33. The van der Waals surface area contributed by atoms with Gasteiger partial charge in [0.05, 0.1) is 16.7 Å². The van der Waals surface area contributed by atoms with Crippen molar-refractivity contribution in [3.05, 3.63) is 65.6 Å². The number of aryl methyl sites for hydroxylation is 1. The summed E-state index contributed by atoms with van der Waals surface area (Å²) in [4.78, 5) is 34.4. The van der Waals surface area contributed by atoms with Gasteiger partial charge in [0.1, 0.15) is 5.65 Å². The van der Waals surface area contributed by atoms with Gasteiger partial charge in [-0.05, 0) is 43.5 Å². The number of fused-ring (bicyclic) bond motifs is 3. The number of para-hydroxylation sites is 1. The largest absolute Gasteiger partial charge is 0.337 e. The molecular formula is C22H22N4O2. The fourth-order valence-corrected chi connectivity index (χ4v) is 4.77. The Labute approximate surface area is 163 Å². The number of rotatable bonds is 1. The van der Waals surface area contributed by atoms with Crippen LogP contribution in [0.3, 0.4) is 0 Å². The molecule has 1 spiro atoms. The maximum absolute atomic E-state index is 13.3. The Balaban J connectivity index is 1.50. The molecule has 2 aliphatic heterocycles. The lowest BCUT2D eigenvalue weighted by atomic mass is 9.75. The van der Waals surface area contributed by atoms with E-state index in [1.807, 2.05) is 72.1 Å². The van der Waals surface area contributed by atoms with E-state index in [1.165, 1.54) is 0 Å². The van der Waals surface area contributed by atoms with E-state index in [0.717, 1.165) is 35.4 Å². The average Bonchev–Trinajstić information content (AvgIpc) is 3.19. The van der Waals surface area contributed by atoms with Crippen LogP contribution in [0.2, 0.25) is 0 Å². The maximum Gasteiger partial charge on any atom is 0.255 e. The van der Waals surface area contributed by atoms with Crippen LogP contribution in [0.15, 0.2) is 48.8 Å². The van der Waals surface area contributed by atoms with Crippen LogP contribution in [-0.4, -0.2) is 46.2 Å². The zero-order valence-corrected chi connectivity index (χ0v) is 16.1. The number of hydrogen-bond acceptors (Lipinski definition) is 3. The molecule has 1 aromatic carbocycles. The summed E-state index contributed by atoms with van der Waals surface area (Å²) >= 11 is 0. The second kappa shape index (κ2) is 5.92. The van der Waals surface area contributed by atoms with Gasteiger partial charge in [0, 0.05) is 38.2 Å². The van der Waals surface area contributed by atoms with Crippen LogP contribution in [0.5, 0.6) is 0 Å². The van der Waals surface area contributed by atoms with Crippen molar-refractivity contribution < 1.29 is 9.59 Å². The molecule has 1 fully saturated rings. The quantitative estimate of drug-likeness (QED) is 0.658. The molecule has 142 valence electrons. The van der Waals surface area contributed by atoms with Crippen molar-refractivity contribution in [3.8, 4) is 0 Å². The number of piperidine rings is 1. The molecule has 0 bridgehead atoms. The molecule has 6 nitrogen and oxygen atoms in total. The minimum absolute atomic E-state index is 0.0350. The van der Waals surface area contributed by atoms with Crippen molar-refractivity contribution in [1.82, 2.24) is 14.3 Å². The van der Waals surface area contributed by atoms with Gasteiger partial charge >= 0.3 is 0 Å². The molecule has 4 heterocycles. The van der Waals surface area contributed by atoms with E-state index in [4.69, 9.17) is 0 Å². The molecule has 0 saturated carbocycles. The first-order valence-electron chi connectivity index (χ1n) is 9.62. The van der Waals surface area contributed by atoms with Crippen LogP contribution in [0, 0.1) is 6.92 Å². The summed E-state index contributed by atoms with van der Waals surface area (Å²) in [5, 5.41) is 0. The fraction of sp³-hybridized carbons (Fsp3) is 0.318. The number of anilines is 1. The van der Waals surface area contributed by atoms with E-state index < -0.39 is 5.41 Å². The molecule has 3 aromatic rings. The summed E-state index contributed by atoms with van der Waals surface area (Å²) in [6.45, 7) is 3.02. The smallest absolute Gasteiger partial charge is 0.255 e. The van der Waals surface area contributed by atoms with Gasteiger partial charge in [-0.3, -0.25) is 9.59 Å². The number of carbonyl (C=O) groups excluding carboxylic acids is 2. The molecule has 1 unspecified atom stereocenters. The van der Waals surface area contributed by atoms with E-state index in [1.54, 1.807) is 4.90 Å². The fourth-order valence-electron chi connectivity index (χ4n) is 4.77. The number of hydrogen-bond donors (Lipinski definition) is 0. The lowest BCUT2D eigenvalue weighted by Crippen LogP contribution is -2.53. The number of amides is 2. The summed E-state index contributed by atoms with van der Waals surface area (Å²) in [5.41, 5.74) is 3.73. The highest BCUT2D eigenvalue weighted by molar-refractivity contribution is 6.08. The number of pyridine rings is 1. The van der Waals surface area contributed by atoms with Crippen molar-refractivity contribution in [3.63, 3.8) is 0 Å². The monoisotopic (exact) mass is 374 g/mol. The Kier molecular flexibility index (Phi) is 3.59. The Morgan fingerprint density at radius 3 is 2.82 bits per heavy atom. The molecule has 2 aromatic heterocycles. The third-order valence-corrected chi connectivity index (χ3v) is 6.09. The molecule has 6 heteroatoms. The van der Waals surface area contributed by atoms with Crippen LogP contribution in [-0.2, 0) is 10.2 Å². The lowest BCUT2D eigenvalue weighted by Gasteiger charge is -2.39. The van der Waals surface area contributed by atoms with Gasteiger partial charge in [0.2, 0.25) is 5.91 Å². The summed E-state index contributed by atoms with van der Waals surface area (Å²) in [7, 11) is 1.83. The average molecular weight is 374 g/mol. The van der Waals surface area contributed by atoms with Gasteiger partial charge in [-0.1, -0.05) is 18.2 Å². The van der Waals surface area contributed by atoms with Crippen LogP contribution in [0.1, 0.15) is 34.5 Å². The second-order valence-electron chi connectivity index (χ2n) is 7.86. The number of likely N-dealkylation sites (N-methyl/N-ethyl adjacent to an activating group) is 1. The minimum atomic E-state index is -0.630. The Morgan fingerprint density at radius 1 is 1.14 bits per heavy atom. The molecular weight excluding hydrogens is 352 g/mol. The van der Waals surface area contributed by atoms with Gasteiger partial charge in [-0.25, -0.2) is 4.98 Å². The highest BCUT2D eigenvalue weighted by Crippen LogP contribution is 2.46. The minimum Gasteiger partial charge on any atom is -0.337 e. The third-order valence-electron chi connectivity index (χ3n) is 6.09. The van der Waals surface area contributed by atoms with Gasteiger partial charge in [-0.15, -0.1) is 0 Å². The molecule has 0 N–H and O–H groups in total. The van der Waals surface area contributed by atoms with Crippen molar-refractivity contribution in [2.75, 3.05) is 25.0 Å². The van der Waals surface area contributed by atoms with Gasteiger partial charge < -0.3 is 14.2 Å². The SMILES string of the molecule is Cc1cn2cc(C(=O)N3CCCC4(C3)C(=O)N(C)c3ccccc34)ccc2n1. The lowest BCUT2D eigenvalue weighted by molar-refractivity contribution is -0.124. The summed E-state index contributed by atoms with van der Waals surface area (Å²) in [5.74, 6) is 0.0547. The molecule has 28 heavy (non-hydrogen) atoms. The first kappa shape index (κ1) is 17.0. The summed E-state index contributed by atoms with van der Waals surface area (Å²) < 4.78 is 1.88. The normalized spacial score (nSPS) is 21.6. The van der Waals surface area contributed by atoms with Crippen molar-refractivity contribution >= 4 is 23.1 Å². The Bertz CT molecular complexity index is 1120. The predicted molar refractivity (Wildman–Crippen MR) is 107 cm³/mol. The molecule has 0 radical (unpaired) electrons. The number of benzene rings is 1. The van der Waals surface area contributed by atoms with Crippen molar-refractivity contribution in [2.24, 2.45) is 0 Å². The predicted octanol–water partition coefficient (Wildman–Crippen LogP) is 2.79. The third kappa shape index (κ3) is 2.30. The molecule has 0 aliphatic carbocycles. The van der Waals surface area contributed by atoms with Gasteiger partial charge in [-0.2, -0.15) is 0 Å².